The molecule has 190 valence electrons. The zero-order valence-electron chi connectivity index (χ0n) is 21.1. The predicted molar refractivity (Wildman–Crippen MR) is 137 cm³/mol. The molecule has 4 aromatic rings. The van der Waals surface area contributed by atoms with E-state index in [-0.39, 0.29) is 23.8 Å². The highest BCUT2D eigenvalue weighted by molar-refractivity contribution is 6.01. The lowest BCUT2D eigenvalue weighted by Gasteiger charge is -2.33. The number of rotatable bonds is 7. The van der Waals surface area contributed by atoms with Gasteiger partial charge < -0.3 is 5.32 Å². The van der Waals surface area contributed by atoms with E-state index in [0.717, 1.165) is 10.4 Å². The van der Waals surface area contributed by atoms with Crippen LogP contribution in [0.3, 0.4) is 0 Å². The molecule has 2 aromatic carbocycles. The lowest BCUT2D eigenvalue weighted by molar-refractivity contribution is -0.128. The Kier molecular flexibility index (Phi) is 7.37. The maximum Gasteiger partial charge on any atom is 0.251 e. The monoisotopic (exact) mass is 501 g/mol. The molecule has 37 heavy (non-hydrogen) atoms. The van der Waals surface area contributed by atoms with Crippen LogP contribution in [0.15, 0.2) is 73.1 Å². The summed E-state index contributed by atoms with van der Waals surface area (Å²) in [5.74, 6) is -1.24. The third-order valence-corrected chi connectivity index (χ3v) is 5.42. The van der Waals surface area contributed by atoms with Crippen LogP contribution in [0.1, 0.15) is 37.9 Å². The van der Waals surface area contributed by atoms with Gasteiger partial charge in [0.25, 0.3) is 5.91 Å². The van der Waals surface area contributed by atoms with Gasteiger partial charge in [-0.1, -0.05) is 24.3 Å². The molecule has 0 bridgehead atoms. The van der Waals surface area contributed by atoms with Crippen molar-refractivity contribution in [3.05, 3.63) is 90.0 Å². The van der Waals surface area contributed by atoms with E-state index in [9.17, 15) is 14.0 Å². The van der Waals surface area contributed by atoms with Crippen LogP contribution in [0, 0.1) is 12.7 Å². The van der Waals surface area contributed by atoms with Crippen LogP contribution < -0.4 is 10.2 Å². The Balaban J connectivity index is 1.74. The summed E-state index contributed by atoms with van der Waals surface area (Å²) in [6, 6.07) is 15.8. The van der Waals surface area contributed by atoms with Crippen molar-refractivity contribution in [2.45, 2.75) is 45.8 Å². The quantitative estimate of drug-likeness (QED) is 0.412. The van der Waals surface area contributed by atoms with Gasteiger partial charge in [-0.25, -0.2) is 4.39 Å². The van der Waals surface area contributed by atoms with Crippen molar-refractivity contribution in [3.63, 3.8) is 0 Å². The molecule has 9 nitrogen and oxygen atoms in total. The smallest absolute Gasteiger partial charge is 0.251 e. The van der Waals surface area contributed by atoms with E-state index in [1.165, 1.54) is 17.0 Å². The molecule has 0 aliphatic rings. The zero-order valence-corrected chi connectivity index (χ0v) is 21.1. The fourth-order valence-corrected chi connectivity index (χ4v) is 3.87. The molecule has 1 atom stereocenters. The number of nitrogens with zero attached hydrogens (tertiary/aromatic N) is 6. The van der Waals surface area contributed by atoms with Gasteiger partial charge in [-0.3, -0.25) is 19.5 Å². The molecule has 0 radical (unpaired) electrons. The number of nitrogens with one attached hydrogen (secondary N) is 1. The Labute approximate surface area is 214 Å². The van der Waals surface area contributed by atoms with Gasteiger partial charge >= 0.3 is 0 Å². The van der Waals surface area contributed by atoms with Gasteiger partial charge in [0, 0.05) is 23.6 Å². The lowest BCUT2D eigenvalue weighted by Crippen LogP contribution is -2.50. The molecule has 0 saturated heterocycles. The van der Waals surface area contributed by atoms with Gasteiger partial charge in [-0.15, -0.1) is 10.2 Å². The van der Waals surface area contributed by atoms with E-state index in [2.05, 4.69) is 25.7 Å². The van der Waals surface area contributed by atoms with Crippen LogP contribution in [-0.2, 0) is 16.1 Å². The number of aryl methyl sites for hydroxylation is 1. The number of aromatic nitrogens is 5. The Hall–Kier alpha value is -4.47. The summed E-state index contributed by atoms with van der Waals surface area (Å²) < 4.78 is 14.2. The van der Waals surface area contributed by atoms with Crippen LogP contribution in [0.5, 0.6) is 0 Å². The minimum Gasteiger partial charge on any atom is -0.349 e. The van der Waals surface area contributed by atoms with Gasteiger partial charge in [-0.05, 0) is 80.4 Å². The average molecular weight is 502 g/mol. The fourth-order valence-electron chi connectivity index (χ4n) is 3.87. The normalized spacial score (nSPS) is 12.1. The molecule has 1 N–H and O–H groups in total. The van der Waals surface area contributed by atoms with Crippen molar-refractivity contribution in [1.82, 2.24) is 30.5 Å². The average Bonchev–Trinajstić information content (AvgIpc) is 3.30. The Morgan fingerprint density at radius 2 is 1.78 bits per heavy atom. The molecular formula is C27H28FN7O2. The molecule has 10 heteroatoms. The SMILES string of the molecule is Cc1cccc(N(C(=O)Cn2nnc(-c3ccccc3F)n2)[C@H](C(=O)NC(C)(C)C)c2ccncc2)c1. The fraction of sp³-hybridized carbons (Fsp3) is 0.259. The standard InChI is InChI=1S/C27H28FN7O2/c1-18-8-7-9-20(16-18)35(24(19-12-14-29-15-13-19)26(37)30-27(2,3)4)23(36)17-34-32-25(31-33-34)21-10-5-6-11-22(21)28/h5-16,24H,17H2,1-4H3,(H,30,37)/t24-/m0/s1. The number of tetrazole rings is 1. The summed E-state index contributed by atoms with van der Waals surface area (Å²) in [4.78, 5) is 34.1. The maximum atomic E-state index is 14.2. The van der Waals surface area contributed by atoms with Gasteiger partial charge in [0.2, 0.25) is 11.7 Å². The first-order valence-electron chi connectivity index (χ1n) is 11.8. The van der Waals surface area contributed by atoms with Crippen molar-refractivity contribution >= 4 is 17.5 Å². The van der Waals surface area contributed by atoms with Crippen LogP contribution in [0.4, 0.5) is 10.1 Å². The van der Waals surface area contributed by atoms with Crippen molar-refractivity contribution in [1.29, 1.82) is 0 Å². The molecule has 2 amide bonds. The Morgan fingerprint density at radius 3 is 2.46 bits per heavy atom. The number of anilines is 1. The van der Waals surface area contributed by atoms with Crippen molar-refractivity contribution in [2.75, 3.05) is 4.90 Å². The third kappa shape index (κ3) is 6.21. The summed E-state index contributed by atoms with van der Waals surface area (Å²) in [6.07, 6.45) is 3.15. The first-order chi connectivity index (χ1) is 17.6. The predicted octanol–water partition coefficient (Wildman–Crippen LogP) is 3.87. The van der Waals surface area contributed by atoms with Crippen LogP contribution >= 0.6 is 0 Å². The topological polar surface area (TPSA) is 106 Å². The molecule has 0 aliphatic carbocycles. The molecule has 0 fully saturated rings. The van der Waals surface area contributed by atoms with Crippen molar-refractivity contribution in [3.8, 4) is 11.4 Å². The molecule has 0 unspecified atom stereocenters. The number of carbonyl (C=O) groups excluding carboxylic acids is 2. The highest BCUT2D eigenvalue weighted by Crippen LogP contribution is 2.29. The van der Waals surface area contributed by atoms with E-state index in [4.69, 9.17) is 0 Å². The molecule has 2 aromatic heterocycles. The summed E-state index contributed by atoms with van der Waals surface area (Å²) >= 11 is 0. The van der Waals surface area contributed by atoms with E-state index in [0.29, 0.717) is 11.3 Å². The minimum atomic E-state index is -0.994. The van der Waals surface area contributed by atoms with E-state index in [1.807, 2.05) is 45.9 Å². The highest BCUT2D eigenvalue weighted by atomic mass is 19.1. The van der Waals surface area contributed by atoms with Crippen LogP contribution in [0.25, 0.3) is 11.4 Å². The van der Waals surface area contributed by atoms with E-state index in [1.54, 1.807) is 42.7 Å². The number of hydrogen-bond acceptors (Lipinski definition) is 6. The highest BCUT2D eigenvalue weighted by Gasteiger charge is 2.35. The summed E-state index contributed by atoms with van der Waals surface area (Å²) in [7, 11) is 0. The summed E-state index contributed by atoms with van der Waals surface area (Å²) in [6.45, 7) is 7.20. The first kappa shape index (κ1) is 25.6. The number of pyridine rings is 1. The third-order valence-electron chi connectivity index (χ3n) is 5.42. The second-order valence-corrected chi connectivity index (χ2v) is 9.65. The van der Waals surface area contributed by atoms with Crippen molar-refractivity contribution in [2.24, 2.45) is 0 Å². The van der Waals surface area contributed by atoms with Gasteiger partial charge in [0.15, 0.2) is 0 Å². The summed E-state index contributed by atoms with van der Waals surface area (Å²) in [5.41, 5.74) is 1.68. The number of hydrogen-bond donors (Lipinski definition) is 1. The number of carbonyl (C=O) groups is 2. The van der Waals surface area contributed by atoms with Crippen molar-refractivity contribution < 1.29 is 14.0 Å². The summed E-state index contributed by atoms with van der Waals surface area (Å²) in [5, 5.41) is 15.1. The number of amides is 2. The number of benzene rings is 2. The second kappa shape index (κ2) is 10.7. The Bertz CT molecular complexity index is 1400. The van der Waals surface area contributed by atoms with Crippen LogP contribution in [-0.4, -0.2) is 42.5 Å². The molecule has 0 spiro atoms. The molecule has 0 aliphatic heterocycles. The van der Waals surface area contributed by atoms with Gasteiger partial charge in [0.05, 0.1) is 5.56 Å². The second-order valence-electron chi connectivity index (χ2n) is 9.65. The zero-order chi connectivity index (χ0) is 26.6. The minimum absolute atomic E-state index is 0.0594. The van der Waals surface area contributed by atoms with Gasteiger partial charge in [-0.2, -0.15) is 4.80 Å². The number of halogens is 1. The lowest BCUT2D eigenvalue weighted by atomic mass is 10.0. The van der Waals surface area contributed by atoms with Gasteiger partial charge in [0.1, 0.15) is 18.4 Å². The first-order valence-corrected chi connectivity index (χ1v) is 11.8. The molecular weight excluding hydrogens is 473 g/mol. The maximum absolute atomic E-state index is 14.2. The molecule has 2 heterocycles. The molecule has 4 rings (SSSR count). The van der Waals surface area contributed by atoms with E-state index >= 15 is 0 Å². The van der Waals surface area contributed by atoms with Crippen LogP contribution in [0.2, 0.25) is 0 Å². The van der Waals surface area contributed by atoms with E-state index < -0.39 is 23.3 Å². The largest absolute Gasteiger partial charge is 0.349 e. The Morgan fingerprint density at radius 1 is 1.05 bits per heavy atom. The molecule has 0 saturated carbocycles.